The molecule has 1 aromatic rings. The van der Waals surface area contributed by atoms with Crippen LogP contribution in [0.3, 0.4) is 0 Å². The van der Waals surface area contributed by atoms with Crippen molar-refractivity contribution in [3.63, 3.8) is 0 Å². The maximum atomic E-state index is 13.9. The van der Waals surface area contributed by atoms with Crippen molar-refractivity contribution in [1.82, 2.24) is 10.2 Å². The minimum Gasteiger partial charge on any atom is -0.349 e. The monoisotopic (exact) mass is 354 g/mol. The van der Waals surface area contributed by atoms with Crippen molar-refractivity contribution in [2.45, 2.75) is 44.3 Å². The van der Waals surface area contributed by atoms with Gasteiger partial charge in [-0.15, -0.1) is 0 Å². The van der Waals surface area contributed by atoms with Crippen LogP contribution < -0.4 is 5.32 Å². The van der Waals surface area contributed by atoms with Crippen LogP contribution in [-0.4, -0.2) is 48.9 Å². The van der Waals surface area contributed by atoms with Gasteiger partial charge >= 0.3 is 0 Å². The molecule has 0 aromatic heterocycles. The van der Waals surface area contributed by atoms with Crippen LogP contribution in [0, 0.1) is 5.82 Å². The van der Waals surface area contributed by atoms with Gasteiger partial charge in [-0.05, 0) is 32.3 Å². The summed E-state index contributed by atoms with van der Waals surface area (Å²) in [5.41, 5.74) is -0.116. The van der Waals surface area contributed by atoms with Crippen LogP contribution in [0.25, 0.3) is 0 Å². The smallest absolute Gasteiger partial charge is 0.234 e. The lowest BCUT2D eigenvalue weighted by molar-refractivity contribution is -0.124. The van der Waals surface area contributed by atoms with Crippen LogP contribution in [0.4, 0.5) is 4.39 Å². The van der Waals surface area contributed by atoms with E-state index in [0.29, 0.717) is 24.6 Å². The Balaban J connectivity index is 1.62. The molecular weight excluding hydrogens is 331 g/mol. The van der Waals surface area contributed by atoms with Crippen molar-refractivity contribution in [2.75, 3.05) is 18.1 Å². The lowest BCUT2D eigenvalue weighted by Gasteiger charge is -2.27. The number of rotatable bonds is 6. The highest BCUT2D eigenvalue weighted by Crippen LogP contribution is 2.29. The highest BCUT2D eigenvalue weighted by molar-refractivity contribution is 7.91. The van der Waals surface area contributed by atoms with Gasteiger partial charge in [0.25, 0.3) is 0 Å². The minimum absolute atomic E-state index is 0.0114. The summed E-state index contributed by atoms with van der Waals surface area (Å²) in [6.45, 7) is 2.32. The number of hydrogen-bond donors (Lipinski definition) is 1. The Labute approximate surface area is 142 Å². The van der Waals surface area contributed by atoms with Crippen LogP contribution in [0.5, 0.6) is 0 Å². The Morgan fingerprint density at radius 3 is 2.67 bits per heavy atom. The first-order chi connectivity index (χ1) is 11.3. The minimum atomic E-state index is -3.06. The largest absolute Gasteiger partial charge is 0.349 e. The van der Waals surface area contributed by atoms with Crippen LogP contribution >= 0.6 is 0 Å². The van der Waals surface area contributed by atoms with Gasteiger partial charge in [-0.25, -0.2) is 12.8 Å². The van der Waals surface area contributed by atoms with Gasteiger partial charge in [0.15, 0.2) is 9.84 Å². The molecule has 1 N–H and O–H groups in total. The number of amides is 1. The third-order valence-electron chi connectivity index (χ3n) is 4.69. The van der Waals surface area contributed by atoms with E-state index in [0.717, 1.165) is 12.8 Å². The summed E-state index contributed by atoms with van der Waals surface area (Å²) in [5, 5.41) is 2.87. The van der Waals surface area contributed by atoms with Crippen LogP contribution in [0.1, 0.15) is 31.7 Å². The van der Waals surface area contributed by atoms with Crippen molar-refractivity contribution in [3.05, 3.63) is 35.6 Å². The van der Waals surface area contributed by atoms with E-state index < -0.39 is 15.4 Å². The Morgan fingerprint density at radius 1 is 1.38 bits per heavy atom. The molecule has 1 aromatic carbocycles. The number of carbonyl (C=O) groups excluding carboxylic acids is 1. The van der Waals surface area contributed by atoms with Crippen molar-refractivity contribution in [1.29, 1.82) is 0 Å². The topological polar surface area (TPSA) is 66.5 Å². The summed E-state index contributed by atoms with van der Waals surface area (Å²) in [7, 11) is -3.06. The second-order valence-corrected chi connectivity index (χ2v) is 9.36. The maximum absolute atomic E-state index is 13.9. The van der Waals surface area contributed by atoms with E-state index >= 15 is 0 Å². The zero-order valence-corrected chi connectivity index (χ0v) is 14.6. The lowest BCUT2D eigenvalue weighted by atomic mass is 10.0. The van der Waals surface area contributed by atoms with Crippen LogP contribution in [-0.2, 0) is 21.2 Å². The number of sulfone groups is 1. The number of hydrogen-bond acceptors (Lipinski definition) is 4. The van der Waals surface area contributed by atoms with Gasteiger partial charge in [0.05, 0.1) is 23.6 Å². The Bertz CT molecular complexity index is 733. The predicted molar refractivity (Wildman–Crippen MR) is 89.7 cm³/mol. The first-order valence-corrected chi connectivity index (χ1v) is 10.1. The quantitative estimate of drug-likeness (QED) is 0.840. The molecule has 1 saturated heterocycles. The van der Waals surface area contributed by atoms with Gasteiger partial charge in [-0.3, -0.25) is 9.69 Å². The number of benzene rings is 1. The average Bonchev–Trinajstić information content (AvgIpc) is 3.27. The molecule has 3 rings (SSSR count). The van der Waals surface area contributed by atoms with E-state index in [2.05, 4.69) is 5.32 Å². The van der Waals surface area contributed by atoms with Crippen molar-refractivity contribution < 1.29 is 17.6 Å². The molecule has 7 heteroatoms. The first-order valence-electron chi connectivity index (χ1n) is 8.25. The molecule has 132 valence electrons. The van der Waals surface area contributed by atoms with Crippen molar-refractivity contribution in [2.24, 2.45) is 0 Å². The summed E-state index contributed by atoms with van der Waals surface area (Å²) in [6.07, 6.45) is 2.46. The third-order valence-corrected chi connectivity index (χ3v) is 6.59. The molecule has 1 aliphatic carbocycles. The van der Waals surface area contributed by atoms with Gasteiger partial charge in [-0.1, -0.05) is 18.2 Å². The standard InChI is InChI=1S/C17H23FN2O3S/c1-17(8-9-24(22,23)12-17)19-16(21)11-20(14-6-7-14)10-13-4-2-3-5-15(13)18/h2-5,14H,6-12H2,1H3,(H,19,21)/t17-/m1/s1. The molecule has 5 nitrogen and oxygen atoms in total. The predicted octanol–water partition coefficient (Wildman–Crippen LogP) is 1.48. The second-order valence-electron chi connectivity index (χ2n) is 7.18. The second kappa shape index (κ2) is 6.44. The number of nitrogens with zero attached hydrogens (tertiary/aromatic N) is 1. The maximum Gasteiger partial charge on any atom is 0.234 e. The van der Waals surface area contributed by atoms with Gasteiger partial charge in [-0.2, -0.15) is 0 Å². The van der Waals surface area contributed by atoms with Crippen molar-refractivity contribution >= 4 is 15.7 Å². The number of halogens is 1. The van der Waals surface area contributed by atoms with Gasteiger partial charge in [0.1, 0.15) is 5.82 Å². The molecule has 2 aliphatic rings. The number of carbonyl (C=O) groups is 1. The zero-order chi connectivity index (χ0) is 17.4. The van der Waals surface area contributed by atoms with Crippen molar-refractivity contribution in [3.8, 4) is 0 Å². The molecule has 1 amide bonds. The molecule has 24 heavy (non-hydrogen) atoms. The SMILES string of the molecule is C[C@@]1(NC(=O)CN(Cc2ccccc2F)C2CC2)CCS(=O)(=O)C1. The molecule has 0 spiro atoms. The van der Waals surface area contributed by atoms with Gasteiger partial charge in [0.2, 0.25) is 5.91 Å². The highest BCUT2D eigenvalue weighted by atomic mass is 32.2. The molecular formula is C17H23FN2O3S. The van der Waals surface area contributed by atoms with Crippen LogP contribution in [0.15, 0.2) is 24.3 Å². The first kappa shape index (κ1) is 17.4. The summed E-state index contributed by atoms with van der Waals surface area (Å²) >= 11 is 0. The van der Waals surface area contributed by atoms with E-state index in [9.17, 15) is 17.6 Å². The number of nitrogens with one attached hydrogen (secondary N) is 1. The fourth-order valence-electron chi connectivity index (χ4n) is 3.27. The third kappa shape index (κ3) is 4.33. The van der Waals surface area contributed by atoms with Crippen LogP contribution in [0.2, 0.25) is 0 Å². The summed E-state index contributed by atoms with van der Waals surface area (Å²) in [5.74, 6) is -0.358. The molecule has 0 radical (unpaired) electrons. The van der Waals surface area contributed by atoms with E-state index in [-0.39, 0.29) is 29.8 Å². The zero-order valence-electron chi connectivity index (χ0n) is 13.8. The fourth-order valence-corrected chi connectivity index (χ4v) is 5.36. The Morgan fingerprint density at radius 2 is 2.08 bits per heavy atom. The van der Waals surface area contributed by atoms with Gasteiger partial charge < -0.3 is 5.32 Å². The highest BCUT2D eigenvalue weighted by Gasteiger charge is 2.40. The molecule has 1 saturated carbocycles. The molecule has 0 unspecified atom stereocenters. The normalized spacial score (nSPS) is 25.8. The van der Waals surface area contributed by atoms with E-state index in [1.54, 1.807) is 25.1 Å². The summed E-state index contributed by atoms with van der Waals surface area (Å²) in [6, 6.07) is 6.89. The van der Waals surface area contributed by atoms with E-state index in [4.69, 9.17) is 0 Å². The fraction of sp³-hybridized carbons (Fsp3) is 0.588. The summed E-state index contributed by atoms with van der Waals surface area (Å²) in [4.78, 5) is 14.4. The van der Waals surface area contributed by atoms with E-state index in [1.165, 1.54) is 6.07 Å². The molecule has 0 bridgehead atoms. The molecule has 1 heterocycles. The lowest BCUT2D eigenvalue weighted by Crippen LogP contribution is -2.50. The molecule has 1 aliphatic heterocycles. The average molecular weight is 354 g/mol. The molecule has 1 atom stereocenters. The summed E-state index contributed by atoms with van der Waals surface area (Å²) < 4.78 is 37.1. The Kier molecular flexibility index (Phi) is 4.66. The molecule has 2 fully saturated rings. The van der Waals surface area contributed by atoms with E-state index in [1.807, 2.05) is 4.90 Å². The van der Waals surface area contributed by atoms with Gasteiger partial charge in [0, 0.05) is 18.2 Å². The Hall–Kier alpha value is -1.47.